The van der Waals surface area contributed by atoms with Gasteiger partial charge in [0, 0.05) is 19.3 Å². The smallest absolute Gasteiger partial charge is 0.253 e. The van der Waals surface area contributed by atoms with Gasteiger partial charge in [-0.25, -0.2) is 0 Å². The van der Waals surface area contributed by atoms with Gasteiger partial charge in [-0.15, -0.1) is 0 Å². The van der Waals surface area contributed by atoms with Crippen molar-refractivity contribution in [3.05, 3.63) is 29.8 Å². The van der Waals surface area contributed by atoms with Gasteiger partial charge in [-0.2, -0.15) is 0 Å². The van der Waals surface area contributed by atoms with E-state index in [-0.39, 0.29) is 18.1 Å². The topological polar surface area (TPSA) is 73.6 Å². The first kappa shape index (κ1) is 14.0. The summed E-state index contributed by atoms with van der Waals surface area (Å²) in [5.74, 6) is -0.106. The lowest BCUT2D eigenvalue weighted by atomic mass is 10.1. The second-order valence-corrected chi connectivity index (χ2v) is 4.68. The van der Waals surface area contributed by atoms with Gasteiger partial charge in [-0.1, -0.05) is 12.1 Å². The minimum Gasteiger partial charge on any atom is -0.380 e. The summed E-state index contributed by atoms with van der Waals surface area (Å²) in [6.45, 7) is 0.992. The summed E-state index contributed by atoms with van der Waals surface area (Å²) < 4.78 is 10.6. The molecule has 1 amide bonds. The summed E-state index contributed by atoms with van der Waals surface area (Å²) in [6.07, 6.45) is 1.19. The molecule has 104 valence electrons. The number of carbonyl (C=O) groups excluding carboxylic acids is 1. The van der Waals surface area contributed by atoms with E-state index in [0.29, 0.717) is 13.2 Å². The van der Waals surface area contributed by atoms with Crippen LogP contribution in [0.25, 0.3) is 0 Å². The average Bonchev–Trinajstić information content (AvgIpc) is 2.88. The Labute approximate surface area is 113 Å². The standard InChI is InChI=1S/C14H20N2O3/c1-18-9-10-3-2-4-11(7-10)16-14(17)13-6-5-12(8-15)19-13/h2-4,7,12-13H,5-6,8-9,15H2,1H3,(H,16,17)/t12-,13+/m1/s1. The first-order valence-electron chi connectivity index (χ1n) is 6.47. The number of amides is 1. The Hall–Kier alpha value is -1.43. The minimum atomic E-state index is -0.389. The van der Waals surface area contributed by atoms with E-state index in [2.05, 4.69) is 5.32 Å². The number of hydrogen-bond donors (Lipinski definition) is 2. The molecule has 5 heteroatoms. The Morgan fingerprint density at radius 3 is 3.05 bits per heavy atom. The zero-order valence-electron chi connectivity index (χ0n) is 11.1. The third-order valence-electron chi connectivity index (χ3n) is 3.17. The van der Waals surface area contributed by atoms with Gasteiger partial charge in [0.1, 0.15) is 6.10 Å². The van der Waals surface area contributed by atoms with Crippen LogP contribution in [0.3, 0.4) is 0 Å². The summed E-state index contributed by atoms with van der Waals surface area (Å²) in [7, 11) is 1.64. The van der Waals surface area contributed by atoms with Crippen LogP contribution in [-0.4, -0.2) is 31.8 Å². The van der Waals surface area contributed by atoms with Gasteiger partial charge in [0.25, 0.3) is 5.91 Å². The highest BCUT2D eigenvalue weighted by atomic mass is 16.5. The van der Waals surface area contributed by atoms with Gasteiger partial charge < -0.3 is 20.5 Å². The van der Waals surface area contributed by atoms with Gasteiger partial charge in [-0.05, 0) is 30.5 Å². The van der Waals surface area contributed by atoms with Crippen molar-refractivity contribution in [3.63, 3.8) is 0 Å². The van der Waals surface area contributed by atoms with Crippen molar-refractivity contribution < 1.29 is 14.3 Å². The molecule has 0 aliphatic carbocycles. The summed E-state index contributed by atoms with van der Waals surface area (Å²) in [5.41, 5.74) is 7.32. The molecule has 0 spiro atoms. The van der Waals surface area contributed by atoms with Crippen LogP contribution in [0.4, 0.5) is 5.69 Å². The summed E-state index contributed by atoms with van der Waals surface area (Å²) in [5, 5.41) is 2.87. The van der Waals surface area contributed by atoms with Crippen LogP contribution in [0.2, 0.25) is 0 Å². The van der Waals surface area contributed by atoms with E-state index in [4.69, 9.17) is 15.2 Å². The Morgan fingerprint density at radius 2 is 2.37 bits per heavy atom. The molecule has 0 bridgehead atoms. The molecule has 1 aromatic carbocycles. The largest absolute Gasteiger partial charge is 0.380 e. The number of nitrogens with one attached hydrogen (secondary N) is 1. The Kier molecular flexibility index (Phi) is 4.90. The van der Waals surface area contributed by atoms with E-state index >= 15 is 0 Å². The van der Waals surface area contributed by atoms with Crippen molar-refractivity contribution in [2.24, 2.45) is 5.73 Å². The molecule has 0 aromatic heterocycles. The predicted octanol–water partition coefficient (Wildman–Crippen LogP) is 1.28. The maximum Gasteiger partial charge on any atom is 0.253 e. The predicted molar refractivity (Wildman–Crippen MR) is 72.7 cm³/mol. The lowest BCUT2D eigenvalue weighted by molar-refractivity contribution is -0.126. The fourth-order valence-electron chi connectivity index (χ4n) is 2.20. The van der Waals surface area contributed by atoms with Crippen molar-refractivity contribution in [1.82, 2.24) is 0 Å². The van der Waals surface area contributed by atoms with Crippen LogP contribution in [0, 0.1) is 0 Å². The van der Waals surface area contributed by atoms with Gasteiger partial charge in [-0.3, -0.25) is 4.79 Å². The first-order chi connectivity index (χ1) is 9.22. The van der Waals surface area contributed by atoms with Crippen LogP contribution < -0.4 is 11.1 Å². The van der Waals surface area contributed by atoms with E-state index in [9.17, 15) is 4.79 Å². The minimum absolute atomic E-state index is 0.00979. The zero-order chi connectivity index (χ0) is 13.7. The number of anilines is 1. The molecule has 2 rings (SSSR count). The third kappa shape index (κ3) is 3.76. The third-order valence-corrected chi connectivity index (χ3v) is 3.17. The molecule has 1 aliphatic rings. The quantitative estimate of drug-likeness (QED) is 0.840. The second-order valence-electron chi connectivity index (χ2n) is 4.68. The van der Waals surface area contributed by atoms with Crippen molar-refractivity contribution >= 4 is 11.6 Å². The number of hydrogen-bond acceptors (Lipinski definition) is 4. The fraction of sp³-hybridized carbons (Fsp3) is 0.500. The number of ether oxygens (including phenoxy) is 2. The maximum atomic E-state index is 12.0. The van der Waals surface area contributed by atoms with Crippen LogP contribution >= 0.6 is 0 Å². The molecule has 3 N–H and O–H groups in total. The molecule has 2 atom stereocenters. The molecular weight excluding hydrogens is 244 g/mol. The SMILES string of the molecule is COCc1cccc(NC(=O)[C@@H]2CC[C@H](CN)O2)c1. The monoisotopic (exact) mass is 264 g/mol. The normalized spacial score (nSPS) is 22.4. The van der Waals surface area contributed by atoms with Crippen molar-refractivity contribution in [3.8, 4) is 0 Å². The maximum absolute atomic E-state index is 12.0. The number of methoxy groups -OCH3 is 1. The Bertz CT molecular complexity index is 436. The highest BCUT2D eigenvalue weighted by Crippen LogP contribution is 2.20. The molecule has 0 saturated carbocycles. The molecule has 1 saturated heterocycles. The Balaban J connectivity index is 1.93. The summed E-state index contributed by atoms with van der Waals surface area (Å²) in [6, 6.07) is 7.60. The molecule has 1 fully saturated rings. The number of carbonyl (C=O) groups is 1. The molecule has 1 heterocycles. The van der Waals surface area contributed by atoms with E-state index < -0.39 is 0 Å². The highest BCUT2D eigenvalue weighted by molar-refractivity contribution is 5.94. The van der Waals surface area contributed by atoms with Crippen LogP contribution in [-0.2, 0) is 20.9 Å². The molecule has 1 aromatic rings. The van der Waals surface area contributed by atoms with E-state index in [1.165, 1.54) is 0 Å². The number of rotatable bonds is 5. The fourth-order valence-corrected chi connectivity index (χ4v) is 2.20. The first-order valence-corrected chi connectivity index (χ1v) is 6.47. The van der Waals surface area contributed by atoms with Crippen molar-refractivity contribution in [2.45, 2.75) is 31.7 Å². The number of nitrogens with two attached hydrogens (primary N) is 1. The van der Waals surface area contributed by atoms with Crippen LogP contribution in [0.5, 0.6) is 0 Å². The Morgan fingerprint density at radius 1 is 1.53 bits per heavy atom. The molecule has 0 unspecified atom stereocenters. The van der Waals surface area contributed by atoms with Crippen molar-refractivity contribution in [1.29, 1.82) is 0 Å². The van der Waals surface area contributed by atoms with Crippen molar-refractivity contribution in [2.75, 3.05) is 19.0 Å². The molecule has 5 nitrogen and oxygen atoms in total. The van der Waals surface area contributed by atoms with Gasteiger partial charge in [0.15, 0.2) is 0 Å². The van der Waals surface area contributed by atoms with E-state index in [0.717, 1.165) is 24.1 Å². The second kappa shape index (κ2) is 6.65. The zero-order valence-corrected chi connectivity index (χ0v) is 11.1. The molecule has 1 aliphatic heterocycles. The molecule has 0 radical (unpaired) electrons. The van der Waals surface area contributed by atoms with Crippen LogP contribution in [0.1, 0.15) is 18.4 Å². The average molecular weight is 264 g/mol. The van der Waals surface area contributed by atoms with E-state index in [1.807, 2.05) is 24.3 Å². The molecule has 19 heavy (non-hydrogen) atoms. The van der Waals surface area contributed by atoms with Crippen LogP contribution in [0.15, 0.2) is 24.3 Å². The summed E-state index contributed by atoms with van der Waals surface area (Å²) >= 11 is 0. The van der Waals surface area contributed by atoms with Gasteiger partial charge in [0.05, 0.1) is 12.7 Å². The lowest BCUT2D eigenvalue weighted by Crippen LogP contribution is -2.29. The molecular formula is C14H20N2O3. The highest BCUT2D eigenvalue weighted by Gasteiger charge is 2.29. The lowest BCUT2D eigenvalue weighted by Gasteiger charge is -2.13. The van der Waals surface area contributed by atoms with Gasteiger partial charge in [0.2, 0.25) is 0 Å². The summed E-state index contributed by atoms with van der Waals surface area (Å²) in [4.78, 5) is 12.0. The van der Waals surface area contributed by atoms with E-state index in [1.54, 1.807) is 7.11 Å². The van der Waals surface area contributed by atoms with Gasteiger partial charge >= 0.3 is 0 Å². The number of benzene rings is 1.